The summed E-state index contributed by atoms with van der Waals surface area (Å²) in [4.78, 5) is 16.4. The molecule has 1 saturated carbocycles. The fourth-order valence-electron chi connectivity index (χ4n) is 4.88. The number of nitrogens with zero attached hydrogens (tertiary/aromatic N) is 5. The van der Waals surface area contributed by atoms with Gasteiger partial charge in [0.1, 0.15) is 5.82 Å². The van der Waals surface area contributed by atoms with E-state index >= 15 is 0 Å². The van der Waals surface area contributed by atoms with Crippen molar-refractivity contribution in [2.75, 3.05) is 18.4 Å². The van der Waals surface area contributed by atoms with Crippen molar-refractivity contribution in [3.8, 4) is 17.2 Å². The van der Waals surface area contributed by atoms with E-state index in [4.69, 9.17) is 0 Å². The van der Waals surface area contributed by atoms with E-state index in [0.717, 1.165) is 29.5 Å². The van der Waals surface area contributed by atoms with Crippen molar-refractivity contribution in [1.82, 2.24) is 23.9 Å². The Bertz CT molecular complexity index is 1700. The zero-order valence-corrected chi connectivity index (χ0v) is 21.1. The summed E-state index contributed by atoms with van der Waals surface area (Å²) in [6, 6.07) is 15.6. The third-order valence-electron chi connectivity index (χ3n) is 7.40. The molecule has 4 aromatic rings. The van der Waals surface area contributed by atoms with Crippen LogP contribution in [0.5, 0.6) is 0 Å². The number of hydrogen-bond acceptors (Lipinski definition) is 8. The lowest BCUT2D eigenvalue weighted by atomic mass is 10.00. The zero-order valence-electron chi connectivity index (χ0n) is 20.3. The average molecular weight is 532 g/mol. The monoisotopic (exact) mass is 531 g/mol. The Kier molecular flexibility index (Phi) is 5.79. The molecule has 4 heterocycles. The summed E-state index contributed by atoms with van der Waals surface area (Å²) in [6.07, 6.45) is 4.51. The number of anilines is 1. The van der Waals surface area contributed by atoms with Gasteiger partial charge in [-0.05, 0) is 66.3 Å². The highest BCUT2D eigenvalue weighted by Crippen LogP contribution is 2.47. The van der Waals surface area contributed by atoms with Gasteiger partial charge in [0.15, 0.2) is 5.65 Å². The topological polar surface area (TPSA) is 156 Å². The molecule has 2 atom stereocenters. The lowest BCUT2D eigenvalue weighted by Gasteiger charge is -2.35. The van der Waals surface area contributed by atoms with Gasteiger partial charge >= 0.3 is 5.69 Å². The number of sulfonamides is 1. The third-order valence-corrected chi connectivity index (χ3v) is 9.27. The summed E-state index contributed by atoms with van der Waals surface area (Å²) in [5.41, 5.74) is 2.13. The zero-order chi connectivity index (χ0) is 26.5. The van der Waals surface area contributed by atoms with Gasteiger partial charge < -0.3 is 10.4 Å². The number of rotatable bonds is 6. The summed E-state index contributed by atoms with van der Waals surface area (Å²) in [6.45, 7) is 0.200. The second-order valence-electron chi connectivity index (χ2n) is 9.80. The van der Waals surface area contributed by atoms with Crippen molar-refractivity contribution in [1.29, 1.82) is 5.26 Å². The van der Waals surface area contributed by atoms with Crippen LogP contribution in [0.15, 0.2) is 70.6 Å². The fourth-order valence-corrected chi connectivity index (χ4v) is 6.35. The SMILES string of the molecule is N#CC1(c2ccc(N[C@@H]3CCN(S(=O)(=O)c4ccc(-c5ccc6n[nH]c(=O)n6c5)cc4)C[C@@H]3O)nc2)CC1. The number of aliphatic hydroxyl groups excluding tert-OH is 1. The maximum atomic E-state index is 13.3. The van der Waals surface area contributed by atoms with E-state index in [-0.39, 0.29) is 29.7 Å². The lowest BCUT2D eigenvalue weighted by molar-refractivity contribution is 0.0949. The summed E-state index contributed by atoms with van der Waals surface area (Å²) in [7, 11) is -3.81. The quantitative estimate of drug-likeness (QED) is 0.340. The smallest absolute Gasteiger partial charge is 0.347 e. The van der Waals surface area contributed by atoms with Gasteiger partial charge in [-0.15, -0.1) is 0 Å². The molecule has 0 spiro atoms. The number of aromatic nitrogens is 4. The Labute approximate surface area is 218 Å². The molecular weight excluding hydrogens is 506 g/mol. The molecule has 194 valence electrons. The molecule has 11 nitrogen and oxygen atoms in total. The molecule has 2 aliphatic rings. The predicted octanol–water partition coefficient (Wildman–Crippen LogP) is 1.88. The summed E-state index contributed by atoms with van der Waals surface area (Å²) in [5.74, 6) is 0.578. The van der Waals surface area contributed by atoms with Crippen molar-refractivity contribution in [3.05, 3.63) is 77.0 Å². The normalized spacial score (nSPS) is 21.2. The van der Waals surface area contributed by atoms with Crippen LogP contribution >= 0.6 is 0 Å². The number of aliphatic hydroxyl groups is 1. The van der Waals surface area contributed by atoms with Gasteiger partial charge in [-0.3, -0.25) is 0 Å². The van der Waals surface area contributed by atoms with E-state index < -0.39 is 21.5 Å². The minimum atomic E-state index is -3.81. The van der Waals surface area contributed by atoms with Crippen LogP contribution in [0.3, 0.4) is 0 Å². The first-order valence-electron chi connectivity index (χ1n) is 12.3. The molecule has 2 fully saturated rings. The summed E-state index contributed by atoms with van der Waals surface area (Å²) < 4.78 is 29.3. The highest BCUT2D eigenvalue weighted by molar-refractivity contribution is 7.89. The van der Waals surface area contributed by atoms with Crippen LogP contribution in [-0.2, 0) is 15.4 Å². The maximum absolute atomic E-state index is 13.3. The molecule has 0 radical (unpaired) electrons. The van der Waals surface area contributed by atoms with E-state index in [1.165, 1.54) is 20.8 Å². The number of hydrogen-bond donors (Lipinski definition) is 3. The molecule has 38 heavy (non-hydrogen) atoms. The second-order valence-corrected chi connectivity index (χ2v) is 11.7. The molecule has 6 rings (SSSR count). The molecule has 0 bridgehead atoms. The van der Waals surface area contributed by atoms with Gasteiger partial charge in [0, 0.05) is 25.5 Å². The number of nitriles is 1. The number of aromatic amines is 1. The van der Waals surface area contributed by atoms with Crippen LogP contribution in [0, 0.1) is 11.3 Å². The van der Waals surface area contributed by atoms with Crippen LogP contribution in [0.2, 0.25) is 0 Å². The van der Waals surface area contributed by atoms with Gasteiger partial charge in [-0.1, -0.05) is 18.2 Å². The second kappa shape index (κ2) is 9.05. The minimum absolute atomic E-state index is 0.0442. The molecule has 1 aromatic carbocycles. The number of pyridine rings is 2. The highest BCUT2D eigenvalue weighted by atomic mass is 32.2. The summed E-state index contributed by atoms with van der Waals surface area (Å²) >= 11 is 0. The van der Waals surface area contributed by atoms with Crippen LogP contribution in [-0.4, -0.2) is 62.6 Å². The number of piperidine rings is 1. The predicted molar refractivity (Wildman–Crippen MR) is 139 cm³/mol. The Morgan fingerprint density at radius 2 is 1.87 bits per heavy atom. The largest absolute Gasteiger partial charge is 0.390 e. The fraction of sp³-hybridized carbons (Fsp3) is 0.308. The van der Waals surface area contributed by atoms with E-state index in [2.05, 4.69) is 26.6 Å². The molecule has 3 N–H and O–H groups in total. The van der Waals surface area contributed by atoms with Crippen LogP contribution in [0.1, 0.15) is 24.8 Å². The van der Waals surface area contributed by atoms with Crippen molar-refractivity contribution >= 4 is 21.5 Å². The number of nitrogens with one attached hydrogen (secondary N) is 2. The van der Waals surface area contributed by atoms with Gasteiger partial charge in [0.25, 0.3) is 0 Å². The van der Waals surface area contributed by atoms with Crippen LogP contribution in [0.25, 0.3) is 16.8 Å². The first-order valence-corrected chi connectivity index (χ1v) is 13.7. The Hall–Kier alpha value is -4.05. The Morgan fingerprint density at radius 1 is 1.11 bits per heavy atom. The number of fused-ring (bicyclic) bond motifs is 1. The van der Waals surface area contributed by atoms with E-state index in [0.29, 0.717) is 17.9 Å². The van der Waals surface area contributed by atoms with Gasteiger partial charge in [-0.2, -0.15) is 14.7 Å². The van der Waals surface area contributed by atoms with Crippen molar-refractivity contribution in [3.63, 3.8) is 0 Å². The first kappa shape index (κ1) is 24.3. The first-order chi connectivity index (χ1) is 18.3. The third kappa shape index (κ3) is 4.24. The summed E-state index contributed by atoms with van der Waals surface area (Å²) in [5, 5.41) is 29.6. The number of H-pyrrole nitrogens is 1. The molecular formula is C26H25N7O4S. The maximum Gasteiger partial charge on any atom is 0.347 e. The molecule has 0 amide bonds. The van der Waals surface area contributed by atoms with Gasteiger partial charge in [0.05, 0.1) is 28.5 Å². The Balaban J connectivity index is 1.12. The molecule has 1 aliphatic heterocycles. The Morgan fingerprint density at radius 3 is 2.53 bits per heavy atom. The molecule has 12 heteroatoms. The standard InChI is InChI=1S/C26H25N7O4S/c27-16-26(10-11-26)19-4-7-23(28-13-19)29-21-9-12-32(15-22(21)34)38(36,37)20-5-1-17(2-6-20)18-3-8-24-30-31-25(35)33(24)14-18/h1-8,13-14,21-22,34H,9-12,15H2,(H,28,29)(H,31,35)/t21-,22+/m1/s1. The molecule has 0 unspecified atom stereocenters. The molecule has 3 aromatic heterocycles. The minimum Gasteiger partial charge on any atom is -0.390 e. The van der Waals surface area contributed by atoms with E-state index in [1.807, 2.05) is 12.1 Å². The molecule has 1 aliphatic carbocycles. The van der Waals surface area contributed by atoms with Crippen molar-refractivity contribution in [2.24, 2.45) is 0 Å². The average Bonchev–Trinajstić information content (AvgIpc) is 3.66. The van der Waals surface area contributed by atoms with E-state index in [1.54, 1.807) is 36.7 Å². The lowest BCUT2D eigenvalue weighted by Crippen LogP contribution is -2.51. The number of benzene rings is 1. The van der Waals surface area contributed by atoms with Crippen LogP contribution in [0.4, 0.5) is 5.82 Å². The van der Waals surface area contributed by atoms with Crippen LogP contribution < -0.4 is 11.0 Å². The van der Waals surface area contributed by atoms with E-state index in [9.17, 15) is 23.6 Å². The van der Waals surface area contributed by atoms with Gasteiger partial charge in [-0.25, -0.2) is 27.7 Å². The van der Waals surface area contributed by atoms with Crippen molar-refractivity contribution in [2.45, 2.75) is 41.7 Å². The molecule has 1 saturated heterocycles. The van der Waals surface area contributed by atoms with Gasteiger partial charge in [0.2, 0.25) is 10.0 Å². The highest BCUT2D eigenvalue weighted by Gasteiger charge is 2.45. The van der Waals surface area contributed by atoms with Crippen molar-refractivity contribution < 1.29 is 13.5 Å². The number of β-amino-alcohol motifs (C(OH)–C–C–N with tert-alkyl or cyclic N) is 1.